The van der Waals surface area contributed by atoms with Crippen LogP contribution in [-0.2, 0) is 9.53 Å². The van der Waals surface area contributed by atoms with Gasteiger partial charge in [0.25, 0.3) is 5.91 Å². The standard InChI is InChI=1S/C18H22N2O3/c1-4-5-6-7-15-12(2)16(19)17(23-15)18(21)20-13-8-10-14(22-3)11-9-13/h5-12H,4,19H2,1-3H3,(H,20,21)/b6-5-,15-7+. The molecule has 0 fully saturated rings. The van der Waals surface area contributed by atoms with Crippen LogP contribution in [0.3, 0.4) is 0 Å². The first-order valence-electron chi connectivity index (χ1n) is 7.56. The van der Waals surface area contributed by atoms with Gasteiger partial charge in [-0.05, 0) is 43.7 Å². The van der Waals surface area contributed by atoms with Crippen molar-refractivity contribution in [2.45, 2.75) is 20.3 Å². The van der Waals surface area contributed by atoms with Crippen molar-refractivity contribution < 1.29 is 14.3 Å². The van der Waals surface area contributed by atoms with Gasteiger partial charge in [0, 0.05) is 5.69 Å². The molecule has 0 bridgehead atoms. The van der Waals surface area contributed by atoms with Crippen LogP contribution in [0.15, 0.2) is 59.7 Å². The Kier molecular flexibility index (Phi) is 5.46. The molecule has 1 heterocycles. The number of nitrogens with one attached hydrogen (secondary N) is 1. The Morgan fingerprint density at radius 1 is 1.39 bits per heavy atom. The molecule has 3 N–H and O–H groups in total. The van der Waals surface area contributed by atoms with Gasteiger partial charge in [0.2, 0.25) is 5.76 Å². The number of hydrogen-bond acceptors (Lipinski definition) is 4. The van der Waals surface area contributed by atoms with Crippen LogP contribution in [0.1, 0.15) is 20.3 Å². The summed E-state index contributed by atoms with van der Waals surface area (Å²) in [6.45, 7) is 3.96. The van der Waals surface area contributed by atoms with Crippen molar-refractivity contribution >= 4 is 11.6 Å². The second kappa shape index (κ2) is 7.54. The Balaban J connectivity index is 2.09. The number of hydrogen-bond donors (Lipinski definition) is 2. The number of allylic oxidation sites excluding steroid dienone is 3. The molecule has 2 rings (SSSR count). The van der Waals surface area contributed by atoms with Gasteiger partial charge >= 0.3 is 0 Å². The SMILES string of the molecule is CC/C=C\C=C1\OC(C(=O)Nc2ccc(OC)cc2)=C(N)C1C. The van der Waals surface area contributed by atoms with Gasteiger partial charge in [0.1, 0.15) is 11.5 Å². The number of ether oxygens (including phenoxy) is 2. The molecule has 1 aliphatic heterocycles. The van der Waals surface area contributed by atoms with E-state index in [1.807, 2.05) is 32.1 Å². The molecule has 1 atom stereocenters. The Hall–Kier alpha value is -2.69. The summed E-state index contributed by atoms with van der Waals surface area (Å²) >= 11 is 0. The largest absolute Gasteiger partial charge is 0.497 e. The Bertz CT molecular complexity index is 657. The van der Waals surface area contributed by atoms with E-state index in [9.17, 15) is 4.79 Å². The summed E-state index contributed by atoms with van der Waals surface area (Å²) < 4.78 is 10.7. The zero-order valence-electron chi connectivity index (χ0n) is 13.6. The van der Waals surface area contributed by atoms with Crippen LogP contribution in [0.5, 0.6) is 5.75 Å². The van der Waals surface area contributed by atoms with Crippen molar-refractivity contribution in [1.29, 1.82) is 0 Å². The fourth-order valence-corrected chi connectivity index (χ4v) is 2.13. The van der Waals surface area contributed by atoms with Crippen molar-refractivity contribution in [2.24, 2.45) is 11.7 Å². The second-order valence-electron chi connectivity index (χ2n) is 5.20. The molecule has 1 aromatic rings. The smallest absolute Gasteiger partial charge is 0.293 e. The minimum Gasteiger partial charge on any atom is -0.497 e. The van der Waals surface area contributed by atoms with E-state index in [1.54, 1.807) is 31.4 Å². The Morgan fingerprint density at radius 2 is 2.09 bits per heavy atom. The fraction of sp³-hybridized carbons (Fsp3) is 0.278. The maximum Gasteiger partial charge on any atom is 0.293 e. The molecule has 5 heteroatoms. The lowest BCUT2D eigenvalue weighted by Gasteiger charge is -2.07. The van der Waals surface area contributed by atoms with Crippen LogP contribution in [0.2, 0.25) is 0 Å². The summed E-state index contributed by atoms with van der Waals surface area (Å²) in [4.78, 5) is 12.4. The highest BCUT2D eigenvalue weighted by atomic mass is 16.5. The Labute approximate surface area is 136 Å². The molecule has 1 aliphatic rings. The van der Waals surface area contributed by atoms with Crippen LogP contribution >= 0.6 is 0 Å². The van der Waals surface area contributed by atoms with E-state index in [0.29, 0.717) is 17.1 Å². The summed E-state index contributed by atoms with van der Waals surface area (Å²) in [5.74, 6) is 1.08. The van der Waals surface area contributed by atoms with E-state index in [4.69, 9.17) is 15.2 Å². The number of nitrogens with two attached hydrogens (primary N) is 1. The summed E-state index contributed by atoms with van der Waals surface area (Å²) in [7, 11) is 1.59. The molecule has 1 amide bonds. The molecular weight excluding hydrogens is 292 g/mol. The van der Waals surface area contributed by atoms with Crippen molar-refractivity contribution in [2.75, 3.05) is 12.4 Å². The van der Waals surface area contributed by atoms with E-state index in [-0.39, 0.29) is 17.6 Å². The molecule has 122 valence electrons. The molecule has 1 unspecified atom stereocenters. The van der Waals surface area contributed by atoms with Gasteiger partial charge in [-0.2, -0.15) is 0 Å². The third-order valence-electron chi connectivity index (χ3n) is 3.56. The number of methoxy groups -OCH3 is 1. The highest BCUT2D eigenvalue weighted by Gasteiger charge is 2.31. The highest BCUT2D eigenvalue weighted by Crippen LogP contribution is 2.31. The van der Waals surface area contributed by atoms with Gasteiger partial charge in [0.05, 0.1) is 18.7 Å². The quantitative estimate of drug-likeness (QED) is 0.874. The van der Waals surface area contributed by atoms with Crippen LogP contribution in [-0.4, -0.2) is 13.0 Å². The summed E-state index contributed by atoms with van der Waals surface area (Å²) in [5.41, 5.74) is 7.11. The van der Waals surface area contributed by atoms with Crippen LogP contribution in [0.25, 0.3) is 0 Å². The maximum absolute atomic E-state index is 12.4. The van der Waals surface area contributed by atoms with E-state index in [0.717, 1.165) is 12.2 Å². The Morgan fingerprint density at radius 3 is 2.70 bits per heavy atom. The van der Waals surface area contributed by atoms with Crippen molar-refractivity contribution in [3.63, 3.8) is 0 Å². The molecule has 0 aromatic heterocycles. The first-order chi connectivity index (χ1) is 11.1. The monoisotopic (exact) mass is 314 g/mol. The first-order valence-corrected chi connectivity index (χ1v) is 7.56. The normalized spacial score (nSPS) is 19.3. The van der Waals surface area contributed by atoms with Gasteiger partial charge in [-0.3, -0.25) is 4.79 Å². The van der Waals surface area contributed by atoms with Gasteiger partial charge in [-0.25, -0.2) is 0 Å². The van der Waals surface area contributed by atoms with E-state index in [2.05, 4.69) is 5.32 Å². The number of rotatable bonds is 5. The van der Waals surface area contributed by atoms with Crippen molar-refractivity contribution in [1.82, 2.24) is 0 Å². The summed E-state index contributed by atoms with van der Waals surface area (Å²) in [6, 6.07) is 7.05. The zero-order chi connectivity index (χ0) is 16.8. The predicted octanol–water partition coefficient (Wildman–Crippen LogP) is 3.32. The summed E-state index contributed by atoms with van der Waals surface area (Å²) in [5, 5.41) is 2.77. The third kappa shape index (κ3) is 3.94. The minimum atomic E-state index is -0.359. The fourth-order valence-electron chi connectivity index (χ4n) is 2.13. The van der Waals surface area contributed by atoms with Gasteiger partial charge in [-0.1, -0.05) is 19.1 Å². The zero-order valence-corrected chi connectivity index (χ0v) is 13.6. The van der Waals surface area contributed by atoms with Crippen LogP contribution in [0, 0.1) is 5.92 Å². The van der Waals surface area contributed by atoms with E-state index in [1.165, 1.54) is 0 Å². The predicted molar refractivity (Wildman–Crippen MR) is 90.6 cm³/mol. The topological polar surface area (TPSA) is 73.6 Å². The van der Waals surface area contributed by atoms with Gasteiger partial charge in [-0.15, -0.1) is 0 Å². The number of amides is 1. The first kappa shape index (κ1) is 16.7. The number of benzene rings is 1. The van der Waals surface area contributed by atoms with Crippen LogP contribution in [0.4, 0.5) is 5.69 Å². The maximum atomic E-state index is 12.4. The molecule has 0 radical (unpaired) electrons. The van der Waals surface area contributed by atoms with Gasteiger partial charge < -0.3 is 20.5 Å². The third-order valence-corrected chi connectivity index (χ3v) is 3.56. The molecule has 0 saturated heterocycles. The van der Waals surface area contributed by atoms with Gasteiger partial charge in [0.15, 0.2) is 0 Å². The number of carbonyl (C=O) groups is 1. The van der Waals surface area contributed by atoms with Crippen molar-refractivity contribution in [3.05, 3.63) is 59.7 Å². The average Bonchev–Trinajstić information content (AvgIpc) is 2.84. The lowest BCUT2D eigenvalue weighted by Crippen LogP contribution is -2.17. The van der Waals surface area contributed by atoms with E-state index >= 15 is 0 Å². The average molecular weight is 314 g/mol. The lowest BCUT2D eigenvalue weighted by atomic mass is 10.1. The van der Waals surface area contributed by atoms with Crippen molar-refractivity contribution in [3.8, 4) is 5.75 Å². The van der Waals surface area contributed by atoms with Crippen LogP contribution < -0.4 is 15.8 Å². The number of carbonyl (C=O) groups excluding carboxylic acids is 1. The lowest BCUT2D eigenvalue weighted by molar-refractivity contribution is -0.115. The van der Waals surface area contributed by atoms with E-state index < -0.39 is 0 Å². The highest BCUT2D eigenvalue weighted by molar-refractivity contribution is 6.03. The molecule has 23 heavy (non-hydrogen) atoms. The molecule has 0 saturated carbocycles. The molecular formula is C18H22N2O3. The molecule has 0 spiro atoms. The molecule has 5 nitrogen and oxygen atoms in total. The number of anilines is 1. The molecule has 1 aromatic carbocycles. The minimum absolute atomic E-state index is 0.117. The summed E-state index contributed by atoms with van der Waals surface area (Å²) in [6.07, 6.45) is 6.69. The molecule has 0 aliphatic carbocycles. The second-order valence-corrected chi connectivity index (χ2v) is 5.20.